The van der Waals surface area contributed by atoms with Crippen molar-refractivity contribution in [2.24, 2.45) is 0 Å². The van der Waals surface area contributed by atoms with E-state index >= 15 is 0 Å². The van der Waals surface area contributed by atoms with E-state index in [0.717, 1.165) is 0 Å². The first kappa shape index (κ1) is 11.6. The molecule has 0 aliphatic heterocycles. The lowest BCUT2D eigenvalue weighted by atomic mass is 10.3. The lowest BCUT2D eigenvalue weighted by molar-refractivity contribution is -0.142. The van der Waals surface area contributed by atoms with Gasteiger partial charge < -0.3 is 10.5 Å². The fourth-order valence-corrected chi connectivity index (χ4v) is 2.38. The van der Waals surface area contributed by atoms with Crippen LogP contribution in [-0.4, -0.2) is 22.0 Å². The lowest BCUT2D eigenvalue weighted by Gasteiger charge is -2.01. The maximum Gasteiger partial charge on any atom is 0.311 e. The third kappa shape index (κ3) is 2.28. The molecule has 7 heteroatoms. The molecule has 2 heterocycles. The SMILES string of the molecule is CCOC(=O)Cc1csc2nc(N)cc(=O)n12. The molecule has 0 bridgehead atoms. The van der Waals surface area contributed by atoms with Gasteiger partial charge in [0.25, 0.3) is 5.56 Å². The van der Waals surface area contributed by atoms with Crippen LogP contribution >= 0.6 is 11.3 Å². The maximum atomic E-state index is 11.7. The molecule has 0 saturated heterocycles. The molecule has 90 valence electrons. The van der Waals surface area contributed by atoms with Crippen LogP contribution in [0.25, 0.3) is 4.96 Å². The molecular formula is C10H11N3O3S. The van der Waals surface area contributed by atoms with Crippen molar-refractivity contribution in [1.29, 1.82) is 0 Å². The summed E-state index contributed by atoms with van der Waals surface area (Å²) in [5.74, 6) is -0.185. The second-order valence-electron chi connectivity index (χ2n) is 3.35. The van der Waals surface area contributed by atoms with E-state index in [9.17, 15) is 9.59 Å². The summed E-state index contributed by atoms with van der Waals surface area (Å²) in [5, 5.41) is 1.71. The second-order valence-corrected chi connectivity index (χ2v) is 4.18. The van der Waals surface area contributed by atoms with E-state index in [0.29, 0.717) is 17.3 Å². The number of nitrogen functional groups attached to an aromatic ring is 1. The summed E-state index contributed by atoms with van der Waals surface area (Å²) in [4.78, 5) is 27.6. The minimum atomic E-state index is -0.365. The molecule has 2 rings (SSSR count). The molecule has 0 aliphatic rings. The van der Waals surface area contributed by atoms with Gasteiger partial charge in [0.15, 0.2) is 4.96 Å². The van der Waals surface area contributed by atoms with Crippen molar-refractivity contribution < 1.29 is 9.53 Å². The summed E-state index contributed by atoms with van der Waals surface area (Å²) in [6, 6.07) is 1.23. The highest BCUT2D eigenvalue weighted by Crippen LogP contribution is 2.14. The van der Waals surface area contributed by atoms with Crippen LogP contribution in [0, 0.1) is 0 Å². The van der Waals surface area contributed by atoms with Gasteiger partial charge in [-0.1, -0.05) is 0 Å². The molecule has 0 spiro atoms. The number of aromatic nitrogens is 2. The Morgan fingerprint density at radius 3 is 3.12 bits per heavy atom. The molecule has 6 nitrogen and oxygen atoms in total. The molecule has 0 radical (unpaired) electrons. The van der Waals surface area contributed by atoms with Gasteiger partial charge in [-0.05, 0) is 6.92 Å². The standard InChI is InChI=1S/C10H11N3O3S/c1-2-16-9(15)3-6-5-17-10-12-7(11)4-8(14)13(6)10/h4-5H,2-3,11H2,1H3. The molecule has 0 aromatic carbocycles. The zero-order chi connectivity index (χ0) is 12.4. The third-order valence-electron chi connectivity index (χ3n) is 2.13. The number of fused-ring (bicyclic) bond motifs is 1. The van der Waals surface area contributed by atoms with Crippen LogP contribution in [0.5, 0.6) is 0 Å². The van der Waals surface area contributed by atoms with Crippen LogP contribution in [0.3, 0.4) is 0 Å². The number of carbonyl (C=O) groups is 1. The quantitative estimate of drug-likeness (QED) is 0.802. The summed E-state index contributed by atoms with van der Waals surface area (Å²) in [6.45, 7) is 2.05. The van der Waals surface area contributed by atoms with Gasteiger partial charge in [0.1, 0.15) is 5.82 Å². The Labute approximate surface area is 101 Å². The van der Waals surface area contributed by atoms with E-state index in [-0.39, 0.29) is 23.8 Å². The van der Waals surface area contributed by atoms with Crippen molar-refractivity contribution in [3.8, 4) is 0 Å². The van der Waals surface area contributed by atoms with E-state index in [1.165, 1.54) is 21.8 Å². The van der Waals surface area contributed by atoms with Crippen molar-refractivity contribution in [3.05, 3.63) is 27.5 Å². The topological polar surface area (TPSA) is 86.7 Å². The molecule has 0 saturated carbocycles. The van der Waals surface area contributed by atoms with Crippen LogP contribution in [-0.2, 0) is 16.0 Å². The molecule has 17 heavy (non-hydrogen) atoms. The van der Waals surface area contributed by atoms with Crippen LogP contribution in [0.2, 0.25) is 0 Å². The second kappa shape index (κ2) is 4.54. The smallest absolute Gasteiger partial charge is 0.311 e. The molecule has 0 amide bonds. The van der Waals surface area contributed by atoms with Crippen LogP contribution in [0.4, 0.5) is 5.82 Å². The molecule has 2 N–H and O–H groups in total. The van der Waals surface area contributed by atoms with Gasteiger partial charge in [0.2, 0.25) is 0 Å². The van der Waals surface area contributed by atoms with E-state index in [1.807, 2.05) is 0 Å². The third-order valence-corrected chi connectivity index (χ3v) is 3.00. The molecule has 0 fully saturated rings. The largest absolute Gasteiger partial charge is 0.466 e. The zero-order valence-corrected chi connectivity index (χ0v) is 9.99. The molecule has 0 unspecified atom stereocenters. The first-order chi connectivity index (χ1) is 8.11. The van der Waals surface area contributed by atoms with Gasteiger partial charge in [-0.15, -0.1) is 11.3 Å². The minimum absolute atomic E-state index is 0.0549. The Balaban J connectivity index is 2.43. The van der Waals surface area contributed by atoms with Crippen LogP contribution in [0.1, 0.15) is 12.6 Å². The molecule has 0 aliphatic carbocycles. The van der Waals surface area contributed by atoms with E-state index in [4.69, 9.17) is 10.5 Å². The number of nitrogens with zero attached hydrogens (tertiary/aromatic N) is 2. The summed E-state index contributed by atoms with van der Waals surface area (Å²) in [5.41, 5.74) is 5.76. The monoisotopic (exact) mass is 253 g/mol. The van der Waals surface area contributed by atoms with E-state index in [1.54, 1.807) is 12.3 Å². The first-order valence-corrected chi connectivity index (χ1v) is 5.91. The molecule has 2 aromatic rings. The highest BCUT2D eigenvalue weighted by molar-refractivity contribution is 7.15. The number of thiazole rings is 1. The number of rotatable bonds is 3. The summed E-state index contributed by atoms with van der Waals surface area (Å²) < 4.78 is 6.21. The van der Waals surface area contributed by atoms with Gasteiger partial charge in [0.05, 0.1) is 13.0 Å². The Kier molecular flexibility index (Phi) is 3.10. The number of hydrogen-bond donors (Lipinski definition) is 1. The number of anilines is 1. The summed E-state index contributed by atoms with van der Waals surface area (Å²) >= 11 is 1.27. The predicted octanol–water partition coefficient (Wildman–Crippen LogP) is 0.444. The fraction of sp³-hybridized carbons (Fsp3) is 0.300. The highest BCUT2D eigenvalue weighted by Gasteiger charge is 2.12. The van der Waals surface area contributed by atoms with Gasteiger partial charge in [-0.3, -0.25) is 14.0 Å². The average Bonchev–Trinajstić information content (AvgIpc) is 2.61. The summed E-state index contributed by atoms with van der Waals surface area (Å²) in [6.07, 6.45) is 0.0549. The van der Waals surface area contributed by atoms with Crippen molar-refractivity contribution in [1.82, 2.24) is 9.38 Å². The highest BCUT2D eigenvalue weighted by atomic mass is 32.1. The van der Waals surface area contributed by atoms with Crippen molar-refractivity contribution in [3.63, 3.8) is 0 Å². The number of nitrogens with two attached hydrogens (primary N) is 1. The molecule has 2 aromatic heterocycles. The molecule has 0 atom stereocenters. The van der Waals surface area contributed by atoms with Crippen molar-refractivity contribution in [2.75, 3.05) is 12.3 Å². The lowest BCUT2D eigenvalue weighted by Crippen LogP contribution is -2.18. The van der Waals surface area contributed by atoms with Crippen molar-refractivity contribution >= 4 is 28.1 Å². The average molecular weight is 253 g/mol. The maximum absolute atomic E-state index is 11.7. The number of hydrogen-bond acceptors (Lipinski definition) is 6. The Hall–Kier alpha value is -1.89. The van der Waals surface area contributed by atoms with E-state index < -0.39 is 0 Å². The Bertz CT molecular complexity index is 617. The first-order valence-electron chi connectivity index (χ1n) is 5.03. The van der Waals surface area contributed by atoms with Crippen molar-refractivity contribution in [2.45, 2.75) is 13.3 Å². The molecular weight excluding hydrogens is 242 g/mol. The summed E-state index contributed by atoms with van der Waals surface area (Å²) in [7, 11) is 0. The normalized spacial score (nSPS) is 10.6. The number of ether oxygens (including phenoxy) is 1. The number of carbonyl (C=O) groups excluding carboxylic acids is 1. The van der Waals surface area contributed by atoms with Gasteiger partial charge >= 0.3 is 5.97 Å². The number of esters is 1. The Morgan fingerprint density at radius 2 is 2.41 bits per heavy atom. The Morgan fingerprint density at radius 1 is 1.65 bits per heavy atom. The van der Waals surface area contributed by atoms with Crippen LogP contribution < -0.4 is 11.3 Å². The van der Waals surface area contributed by atoms with Crippen LogP contribution in [0.15, 0.2) is 16.2 Å². The minimum Gasteiger partial charge on any atom is -0.466 e. The van der Waals surface area contributed by atoms with Gasteiger partial charge in [-0.25, -0.2) is 4.98 Å². The van der Waals surface area contributed by atoms with E-state index in [2.05, 4.69) is 4.98 Å². The zero-order valence-electron chi connectivity index (χ0n) is 9.17. The fourth-order valence-electron chi connectivity index (χ4n) is 1.48. The van der Waals surface area contributed by atoms with Gasteiger partial charge in [0, 0.05) is 17.1 Å². The predicted molar refractivity (Wildman–Crippen MR) is 64.1 cm³/mol. The van der Waals surface area contributed by atoms with Gasteiger partial charge in [-0.2, -0.15) is 0 Å².